The monoisotopic (exact) mass is 514 g/mol. The Labute approximate surface area is 193 Å². The molecule has 3 N–H and O–H groups in total. The Kier molecular flexibility index (Phi) is 6.79. The first-order chi connectivity index (χ1) is 15.9. The lowest BCUT2D eigenvalue weighted by Crippen LogP contribution is -2.45. The quantitative estimate of drug-likeness (QED) is 0.426. The first kappa shape index (κ1) is 26.6. The second-order valence-corrected chi connectivity index (χ2v) is 8.19. The predicted molar refractivity (Wildman–Crippen MR) is 107 cm³/mol. The van der Waals surface area contributed by atoms with Crippen molar-refractivity contribution in [3.05, 3.63) is 64.2 Å². The van der Waals surface area contributed by atoms with Gasteiger partial charge in [0.2, 0.25) is 0 Å². The third kappa shape index (κ3) is 5.34. The van der Waals surface area contributed by atoms with Crippen molar-refractivity contribution < 1.29 is 49.4 Å². The van der Waals surface area contributed by atoms with Crippen molar-refractivity contribution in [2.75, 3.05) is 4.90 Å². The molecule has 2 aromatic carbocycles. The van der Waals surface area contributed by atoms with Gasteiger partial charge in [-0.3, -0.25) is 4.90 Å². The van der Waals surface area contributed by atoms with Gasteiger partial charge in [0, 0.05) is 18.0 Å². The lowest BCUT2D eigenvalue weighted by Gasteiger charge is -2.41. The van der Waals surface area contributed by atoms with Gasteiger partial charge in [-0.15, -0.1) is 0 Å². The van der Waals surface area contributed by atoms with Gasteiger partial charge in [0.15, 0.2) is 0 Å². The molecule has 0 aromatic heterocycles. The molecule has 0 saturated heterocycles. The lowest BCUT2D eigenvalue weighted by molar-refractivity contribution is -0.143. The number of hydrogen-bond donors (Lipinski definition) is 2. The molecule has 1 amide bonds. The third-order valence-electron chi connectivity index (χ3n) is 6.01. The summed E-state index contributed by atoms with van der Waals surface area (Å²) in [7, 11) is 0. The van der Waals surface area contributed by atoms with E-state index in [1.54, 1.807) is 6.92 Å². The van der Waals surface area contributed by atoms with Gasteiger partial charge in [0.1, 0.15) is 0 Å². The molecule has 3 atom stereocenters. The summed E-state index contributed by atoms with van der Waals surface area (Å²) in [5.41, 5.74) is 0.763. The van der Waals surface area contributed by atoms with Crippen molar-refractivity contribution >= 4 is 11.8 Å². The van der Waals surface area contributed by atoms with Crippen molar-refractivity contribution in [2.24, 2.45) is 5.73 Å². The van der Waals surface area contributed by atoms with Gasteiger partial charge in [-0.2, -0.15) is 39.5 Å². The number of hydrogen-bond acceptors (Lipinski definition) is 2. The first-order valence-corrected chi connectivity index (χ1v) is 10.2. The minimum absolute atomic E-state index is 0.0756. The molecule has 192 valence electrons. The fourth-order valence-electron chi connectivity index (χ4n) is 4.32. The third-order valence-corrected chi connectivity index (χ3v) is 6.01. The molecule has 0 radical (unpaired) electrons. The molecule has 0 saturated carbocycles. The van der Waals surface area contributed by atoms with E-state index in [0.29, 0.717) is 24.3 Å². The van der Waals surface area contributed by atoms with Crippen LogP contribution in [0.4, 0.5) is 50.0 Å². The van der Waals surface area contributed by atoms with Crippen LogP contribution in [0.1, 0.15) is 59.5 Å². The molecule has 1 aliphatic rings. The van der Waals surface area contributed by atoms with E-state index in [2.05, 4.69) is 0 Å². The highest BCUT2D eigenvalue weighted by Gasteiger charge is 2.42. The molecular weight excluding hydrogens is 495 g/mol. The number of nitrogens with zero attached hydrogens (tertiary/aromatic N) is 1. The number of fused-ring (bicyclic) bond motifs is 1. The summed E-state index contributed by atoms with van der Waals surface area (Å²) in [4.78, 5) is 12.7. The Hall–Kier alpha value is -2.96. The largest absolute Gasteiger partial charge is 0.465 e. The van der Waals surface area contributed by atoms with Gasteiger partial charge in [0.05, 0.1) is 22.4 Å². The van der Waals surface area contributed by atoms with Crippen LogP contribution < -0.4 is 10.6 Å². The molecule has 3 rings (SSSR count). The zero-order chi connectivity index (χ0) is 26.5. The Morgan fingerprint density at radius 1 is 0.943 bits per heavy atom. The zero-order valence-electron chi connectivity index (χ0n) is 17.9. The molecule has 2 aromatic rings. The summed E-state index contributed by atoms with van der Waals surface area (Å²) >= 11 is 0. The van der Waals surface area contributed by atoms with E-state index < -0.39 is 64.9 Å². The summed E-state index contributed by atoms with van der Waals surface area (Å²) in [6.45, 7) is 1.59. The maximum atomic E-state index is 13.4. The highest BCUT2D eigenvalue weighted by molar-refractivity contribution is 5.89. The average molecular weight is 514 g/mol. The number of rotatable bonds is 3. The van der Waals surface area contributed by atoms with E-state index in [4.69, 9.17) is 5.73 Å². The van der Waals surface area contributed by atoms with Crippen LogP contribution >= 0.6 is 0 Å². The normalized spacial score (nSPS) is 19.9. The van der Waals surface area contributed by atoms with Crippen LogP contribution in [0.15, 0.2) is 36.4 Å². The second kappa shape index (κ2) is 8.92. The molecule has 0 fully saturated rings. The fourth-order valence-corrected chi connectivity index (χ4v) is 4.32. The minimum Gasteiger partial charge on any atom is -0.465 e. The lowest BCUT2D eigenvalue weighted by atomic mass is 9.77. The highest BCUT2D eigenvalue weighted by atomic mass is 19.4. The summed E-state index contributed by atoms with van der Waals surface area (Å²) in [6.07, 6.45) is -16.6. The van der Waals surface area contributed by atoms with Gasteiger partial charge in [-0.05, 0) is 60.4 Å². The topological polar surface area (TPSA) is 66.6 Å². The molecular formula is C22H19F9N2O2. The summed E-state index contributed by atoms with van der Waals surface area (Å²) in [5, 5.41) is 9.63. The van der Waals surface area contributed by atoms with E-state index >= 15 is 0 Å². The molecule has 0 bridgehead atoms. The Bertz CT molecular complexity index is 1080. The van der Waals surface area contributed by atoms with Gasteiger partial charge < -0.3 is 10.8 Å². The van der Waals surface area contributed by atoms with Gasteiger partial charge in [-0.1, -0.05) is 6.92 Å². The number of nitrogens with two attached hydrogens (primary N) is 1. The van der Waals surface area contributed by atoms with Crippen LogP contribution in [0, 0.1) is 0 Å². The summed E-state index contributed by atoms with van der Waals surface area (Å²) in [6, 6.07) is 0.581. The number of alkyl halides is 9. The van der Waals surface area contributed by atoms with Crippen molar-refractivity contribution in [1.29, 1.82) is 0 Å². The maximum absolute atomic E-state index is 13.4. The number of anilines is 1. The van der Waals surface area contributed by atoms with E-state index in [1.165, 1.54) is 0 Å². The van der Waals surface area contributed by atoms with Crippen molar-refractivity contribution in [2.45, 2.75) is 56.3 Å². The van der Waals surface area contributed by atoms with Crippen LogP contribution in [0.25, 0.3) is 0 Å². The Morgan fingerprint density at radius 3 is 1.89 bits per heavy atom. The molecule has 4 nitrogen and oxygen atoms in total. The maximum Gasteiger partial charge on any atom is 0.416 e. The number of halogens is 9. The highest BCUT2D eigenvalue weighted by Crippen LogP contribution is 2.48. The summed E-state index contributed by atoms with van der Waals surface area (Å²) in [5.74, 6) is -1.20. The van der Waals surface area contributed by atoms with Crippen molar-refractivity contribution in [3.63, 3.8) is 0 Å². The molecule has 35 heavy (non-hydrogen) atoms. The fraction of sp³-hybridized carbons (Fsp3) is 0.409. The van der Waals surface area contributed by atoms with Crippen molar-refractivity contribution in [3.8, 4) is 0 Å². The van der Waals surface area contributed by atoms with Gasteiger partial charge in [0.25, 0.3) is 0 Å². The number of benzene rings is 2. The van der Waals surface area contributed by atoms with Crippen LogP contribution in [0.2, 0.25) is 0 Å². The molecule has 1 heterocycles. The Morgan fingerprint density at radius 2 is 1.46 bits per heavy atom. The number of carbonyl (C=O) groups is 1. The molecule has 0 aliphatic carbocycles. The van der Waals surface area contributed by atoms with E-state index in [0.717, 1.165) is 11.0 Å². The first-order valence-electron chi connectivity index (χ1n) is 10.2. The van der Waals surface area contributed by atoms with Crippen LogP contribution in [0.5, 0.6) is 0 Å². The van der Waals surface area contributed by atoms with E-state index in [1.807, 2.05) is 0 Å². The second-order valence-electron chi connectivity index (χ2n) is 8.19. The zero-order valence-corrected chi connectivity index (χ0v) is 17.9. The van der Waals surface area contributed by atoms with E-state index in [9.17, 15) is 49.4 Å². The average Bonchev–Trinajstić information content (AvgIpc) is 2.74. The molecule has 0 spiro atoms. The smallest absolute Gasteiger partial charge is 0.416 e. The SMILES string of the molecule is CC[C@@H]1C[C@@H]([C@H](N)c2cc(C(F)(F)F)cc(C(F)(F)F)c2)c2cc(C(F)(F)F)ccc2N1C(=O)O. The van der Waals surface area contributed by atoms with E-state index in [-0.39, 0.29) is 30.2 Å². The number of carboxylic acid groups (broad SMARTS) is 1. The predicted octanol–water partition coefficient (Wildman–Crippen LogP) is 7.19. The summed E-state index contributed by atoms with van der Waals surface area (Å²) < 4.78 is 120. The van der Waals surface area contributed by atoms with Gasteiger partial charge >= 0.3 is 24.6 Å². The van der Waals surface area contributed by atoms with Crippen LogP contribution in [-0.2, 0) is 18.5 Å². The standard InChI is InChI=1S/C22H19F9N2O2/c1-2-14-9-16(15-8-11(20(23,24)25)3-4-17(15)33(14)19(34)35)18(32)10-5-12(21(26,27)28)7-13(6-10)22(29,30)31/h3-8,14,16,18H,2,9,32H2,1H3,(H,34,35)/t14-,16-,18-/m1/s1. The minimum atomic E-state index is -5.14. The Balaban J connectivity index is 2.22. The number of amides is 1. The molecule has 1 aliphatic heterocycles. The van der Waals surface area contributed by atoms with Crippen molar-refractivity contribution in [1.82, 2.24) is 0 Å². The van der Waals surface area contributed by atoms with Gasteiger partial charge in [-0.25, -0.2) is 4.79 Å². The molecule has 0 unspecified atom stereocenters. The molecule has 13 heteroatoms. The van der Waals surface area contributed by atoms with Crippen LogP contribution in [-0.4, -0.2) is 17.2 Å². The van der Waals surface area contributed by atoms with Crippen LogP contribution in [0.3, 0.4) is 0 Å².